The first-order valence-corrected chi connectivity index (χ1v) is 5.49. The summed E-state index contributed by atoms with van der Waals surface area (Å²) in [5, 5.41) is 9.83. The molecule has 2 atom stereocenters. The number of rotatable bonds is 3. The number of hydrogen-bond acceptors (Lipinski definition) is 1. The molecule has 1 rings (SSSR count). The Kier molecular flexibility index (Phi) is 4.08. The lowest BCUT2D eigenvalue weighted by Gasteiger charge is -2.18. The molecule has 0 fully saturated rings. The Hall–Kier alpha value is -0.410. The molecule has 1 aromatic carbocycles. The lowest BCUT2D eigenvalue weighted by atomic mass is 9.95. The molecule has 0 heterocycles. The van der Waals surface area contributed by atoms with Crippen LogP contribution in [0.4, 0.5) is 4.39 Å². The van der Waals surface area contributed by atoms with Crippen LogP contribution in [0, 0.1) is 11.7 Å². The number of hydrogen-bond donors (Lipinski definition) is 1. The molecule has 2 unspecified atom stereocenters. The maximum absolute atomic E-state index is 13.5. The summed E-state index contributed by atoms with van der Waals surface area (Å²) in [6.07, 6.45) is 0.102. The van der Waals surface area contributed by atoms with Crippen LogP contribution in [0.3, 0.4) is 0 Å². The highest BCUT2D eigenvalue weighted by Crippen LogP contribution is 2.29. The molecule has 1 aromatic rings. The summed E-state index contributed by atoms with van der Waals surface area (Å²) >= 11 is 3.10. The Balaban J connectivity index is 3.01. The van der Waals surface area contributed by atoms with Gasteiger partial charge in [-0.25, -0.2) is 4.39 Å². The van der Waals surface area contributed by atoms with Gasteiger partial charge in [-0.2, -0.15) is 0 Å². The smallest absolute Gasteiger partial charge is 0.143 e. The van der Waals surface area contributed by atoms with Crippen molar-refractivity contribution in [2.75, 3.05) is 0 Å². The topological polar surface area (TPSA) is 20.2 Å². The summed E-state index contributed by atoms with van der Waals surface area (Å²) in [5.41, 5.74) is 0.369. The van der Waals surface area contributed by atoms with Crippen LogP contribution in [0.25, 0.3) is 0 Å². The van der Waals surface area contributed by atoms with Crippen molar-refractivity contribution >= 4 is 15.9 Å². The highest BCUT2D eigenvalue weighted by Gasteiger charge is 2.19. The summed E-state index contributed by atoms with van der Waals surface area (Å²) in [4.78, 5) is 0. The van der Waals surface area contributed by atoms with Crippen LogP contribution >= 0.6 is 15.9 Å². The van der Waals surface area contributed by atoms with Crippen LogP contribution in [-0.4, -0.2) is 5.11 Å². The summed E-state index contributed by atoms with van der Waals surface area (Å²) in [6.45, 7) is 3.88. The Morgan fingerprint density at radius 3 is 2.71 bits per heavy atom. The first-order chi connectivity index (χ1) is 6.57. The van der Waals surface area contributed by atoms with E-state index in [-0.39, 0.29) is 11.7 Å². The monoisotopic (exact) mass is 260 g/mol. The van der Waals surface area contributed by atoms with Crippen molar-refractivity contribution in [2.45, 2.75) is 26.4 Å². The maximum Gasteiger partial charge on any atom is 0.143 e. The van der Waals surface area contributed by atoms with Gasteiger partial charge in [0, 0.05) is 5.56 Å². The van der Waals surface area contributed by atoms with Crippen molar-refractivity contribution in [3.8, 4) is 0 Å². The largest absolute Gasteiger partial charge is 0.388 e. The Labute approximate surface area is 92.1 Å². The highest BCUT2D eigenvalue weighted by atomic mass is 79.9. The lowest BCUT2D eigenvalue weighted by Crippen LogP contribution is -2.10. The maximum atomic E-state index is 13.5. The van der Waals surface area contributed by atoms with E-state index in [0.29, 0.717) is 10.0 Å². The van der Waals surface area contributed by atoms with E-state index < -0.39 is 6.10 Å². The van der Waals surface area contributed by atoms with Gasteiger partial charge in [-0.1, -0.05) is 32.4 Å². The molecule has 0 radical (unpaired) electrons. The van der Waals surface area contributed by atoms with E-state index >= 15 is 0 Å². The number of benzene rings is 1. The van der Waals surface area contributed by atoms with Gasteiger partial charge < -0.3 is 5.11 Å². The summed E-state index contributed by atoms with van der Waals surface area (Å²) < 4.78 is 13.9. The molecule has 0 saturated heterocycles. The molecule has 3 heteroatoms. The first-order valence-electron chi connectivity index (χ1n) is 4.69. The molecule has 0 aliphatic rings. The molecule has 14 heavy (non-hydrogen) atoms. The zero-order chi connectivity index (χ0) is 10.7. The fraction of sp³-hybridized carbons (Fsp3) is 0.455. The van der Waals surface area contributed by atoms with Crippen molar-refractivity contribution < 1.29 is 9.50 Å². The molecule has 0 spiro atoms. The third-order valence-electron chi connectivity index (χ3n) is 2.48. The van der Waals surface area contributed by atoms with Gasteiger partial charge in [0.15, 0.2) is 0 Å². The predicted octanol–water partition coefficient (Wildman–Crippen LogP) is 3.67. The van der Waals surface area contributed by atoms with E-state index in [0.717, 1.165) is 6.42 Å². The molecule has 78 valence electrons. The minimum atomic E-state index is -0.725. The average Bonchev–Trinajstić information content (AvgIpc) is 2.20. The van der Waals surface area contributed by atoms with E-state index in [9.17, 15) is 9.50 Å². The van der Waals surface area contributed by atoms with E-state index in [4.69, 9.17) is 0 Å². The molecule has 0 saturated carbocycles. The molecular weight excluding hydrogens is 247 g/mol. The van der Waals surface area contributed by atoms with Gasteiger partial charge in [0.25, 0.3) is 0 Å². The molecule has 0 bridgehead atoms. The van der Waals surface area contributed by atoms with Crippen molar-refractivity contribution in [3.05, 3.63) is 34.1 Å². The third-order valence-corrected chi connectivity index (χ3v) is 3.10. The van der Waals surface area contributed by atoms with Crippen LogP contribution < -0.4 is 0 Å². The third kappa shape index (κ3) is 2.34. The lowest BCUT2D eigenvalue weighted by molar-refractivity contribution is 0.111. The molecular formula is C11H14BrFO. The zero-order valence-corrected chi connectivity index (χ0v) is 9.88. The summed E-state index contributed by atoms with van der Waals surface area (Å²) in [6, 6.07) is 4.98. The Morgan fingerprint density at radius 1 is 1.50 bits per heavy atom. The molecule has 0 amide bonds. The Morgan fingerprint density at radius 2 is 2.14 bits per heavy atom. The fourth-order valence-corrected chi connectivity index (χ4v) is 1.66. The normalized spacial score (nSPS) is 15.2. The van der Waals surface area contributed by atoms with Gasteiger partial charge in [0.05, 0.1) is 10.6 Å². The van der Waals surface area contributed by atoms with E-state index in [1.165, 1.54) is 0 Å². The van der Waals surface area contributed by atoms with E-state index in [1.54, 1.807) is 18.2 Å². The first kappa shape index (κ1) is 11.7. The van der Waals surface area contributed by atoms with E-state index in [1.807, 2.05) is 13.8 Å². The SMILES string of the molecule is CCC(C)C(O)c1cccc(Br)c1F. The summed E-state index contributed by atoms with van der Waals surface area (Å²) in [5.74, 6) is -0.292. The molecule has 1 nitrogen and oxygen atoms in total. The van der Waals surface area contributed by atoms with Crippen LogP contribution in [0.2, 0.25) is 0 Å². The van der Waals surface area contributed by atoms with Crippen molar-refractivity contribution in [1.29, 1.82) is 0 Å². The fourth-order valence-electron chi connectivity index (χ4n) is 1.28. The molecule has 0 aliphatic carbocycles. The van der Waals surface area contributed by atoms with Crippen LogP contribution in [0.15, 0.2) is 22.7 Å². The molecule has 0 aliphatic heterocycles. The minimum Gasteiger partial charge on any atom is -0.388 e. The predicted molar refractivity (Wildman–Crippen MR) is 58.5 cm³/mol. The van der Waals surface area contributed by atoms with Crippen LogP contribution in [0.1, 0.15) is 31.9 Å². The number of aliphatic hydroxyl groups is 1. The Bertz CT molecular complexity index is 314. The van der Waals surface area contributed by atoms with Crippen LogP contribution in [0.5, 0.6) is 0 Å². The van der Waals surface area contributed by atoms with E-state index in [2.05, 4.69) is 15.9 Å². The average molecular weight is 261 g/mol. The number of halogens is 2. The second-order valence-electron chi connectivity index (χ2n) is 3.47. The van der Waals surface area contributed by atoms with Gasteiger partial charge in [-0.05, 0) is 27.9 Å². The van der Waals surface area contributed by atoms with Gasteiger partial charge in [0.2, 0.25) is 0 Å². The van der Waals surface area contributed by atoms with Gasteiger partial charge in [0.1, 0.15) is 5.82 Å². The van der Waals surface area contributed by atoms with Crippen molar-refractivity contribution in [3.63, 3.8) is 0 Å². The van der Waals surface area contributed by atoms with Gasteiger partial charge >= 0.3 is 0 Å². The van der Waals surface area contributed by atoms with Crippen LogP contribution in [-0.2, 0) is 0 Å². The van der Waals surface area contributed by atoms with Gasteiger partial charge in [-0.15, -0.1) is 0 Å². The summed E-state index contributed by atoms with van der Waals surface area (Å²) in [7, 11) is 0. The highest BCUT2D eigenvalue weighted by molar-refractivity contribution is 9.10. The molecule has 0 aromatic heterocycles. The van der Waals surface area contributed by atoms with Crippen molar-refractivity contribution in [1.82, 2.24) is 0 Å². The second kappa shape index (κ2) is 4.89. The van der Waals surface area contributed by atoms with Gasteiger partial charge in [-0.3, -0.25) is 0 Å². The zero-order valence-electron chi connectivity index (χ0n) is 8.30. The second-order valence-corrected chi connectivity index (χ2v) is 4.33. The standard InChI is InChI=1S/C11H14BrFO/c1-3-7(2)11(14)8-5-4-6-9(12)10(8)13/h4-7,11,14H,3H2,1-2H3. The number of aliphatic hydroxyl groups excluding tert-OH is 1. The quantitative estimate of drug-likeness (QED) is 0.880. The molecule has 1 N–H and O–H groups in total. The van der Waals surface area contributed by atoms with Crippen molar-refractivity contribution in [2.24, 2.45) is 5.92 Å². The minimum absolute atomic E-state index is 0.0683.